The van der Waals surface area contributed by atoms with Crippen molar-refractivity contribution in [3.05, 3.63) is 35.4 Å². The Bertz CT molecular complexity index is 262. The standard InChI is InChI=1S/C12H16/c1-2-10-7-5-8-11-6-3-4-9-12(10)11/h3-4,6,9-10H,2,5,7-8H2,1H3/t10-/m1/s1. The summed E-state index contributed by atoms with van der Waals surface area (Å²) in [7, 11) is 0. The van der Waals surface area contributed by atoms with Crippen molar-refractivity contribution >= 4 is 0 Å². The highest BCUT2D eigenvalue weighted by Gasteiger charge is 2.17. The zero-order valence-corrected chi connectivity index (χ0v) is 7.72. The lowest BCUT2D eigenvalue weighted by Crippen LogP contribution is -2.08. The van der Waals surface area contributed by atoms with E-state index in [1.165, 1.54) is 25.7 Å². The quantitative estimate of drug-likeness (QED) is 0.589. The highest BCUT2D eigenvalue weighted by Crippen LogP contribution is 2.33. The van der Waals surface area contributed by atoms with Crippen molar-refractivity contribution in [1.29, 1.82) is 0 Å². The van der Waals surface area contributed by atoms with Gasteiger partial charge in [0.25, 0.3) is 0 Å². The van der Waals surface area contributed by atoms with E-state index >= 15 is 0 Å². The molecule has 0 spiro atoms. The van der Waals surface area contributed by atoms with E-state index in [9.17, 15) is 0 Å². The molecule has 0 bridgehead atoms. The third-order valence-electron chi connectivity index (χ3n) is 2.99. The fourth-order valence-corrected chi connectivity index (χ4v) is 2.28. The Balaban J connectivity index is 2.37. The van der Waals surface area contributed by atoms with Gasteiger partial charge in [0.1, 0.15) is 0 Å². The molecule has 0 saturated heterocycles. The van der Waals surface area contributed by atoms with Gasteiger partial charge in [-0.05, 0) is 42.7 Å². The smallest absolute Gasteiger partial charge is 0.0162 e. The van der Waals surface area contributed by atoms with Gasteiger partial charge < -0.3 is 0 Å². The summed E-state index contributed by atoms with van der Waals surface area (Å²) in [5.41, 5.74) is 3.21. The van der Waals surface area contributed by atoms with Crippen molar-refractivity contribution in [3.63, 3.8) is 0 Å². The Kier molecular flexibility index (Phi) is 2.16. The Morgan fingerprint density at radius 1 is 1.33 bits per heavy atom. The second-order valence-corrected chi connectivity index (χ2v) is 3.70. The molecule has 0 aliphatic heterocycles. The van der Waals surface area contributed by atoms with Gasteiger partial charge in [-0.25, -0.2) is 0 Å². The zero-order valence-electron chi connectivity index (χ0n) is 7.72. The molecule has 2 rings (SSSR count). The lowest BCUT2D eigenvalue weighted by atomic mass is 9.81. The van der Waals surface area contributed by atoms with Gasteiger partial charge in [-0.1, -0.05) is 31.2 Å². The maximum absolute atomic E-state index is 2.31. The molecule has 0 saturated carbocycles. The SMILES string of the molecule is CC[C@@H]1CCCc2ccccc21. The van der Waals surface area contributed by atoms with Crippen LogP contribution in [-0.2, 0) is 6.42 Å². The average molecular weight is 160 g/mol. The summed E-state index contributed by atoms with van der Waals surface area (Å²) in [6, 6.07) is 8.93. The number of rotatable bonds is 1. The second kappa shape index (κ2) is 3.30. The van der Waals surface area contributed by atoms with Crippen LogP contribution in [0.5, 0.6) is 0 Å². The van der Waals surface area contributed by atoms with Crippen LogP contribution in [0.25, 0.3) is 0 Å². The molecule has 0 amide bonds. The number of hydrogen-bond acceptors (Lipinski definition) is 0. The van der Waals surface area contributed by atoms with Crippen molar-refractivity contribution in [3.8, 4) is 0 Å². The molecule has 1 atom stereocenters. The van der Waals surface area contributed by atoms with Crippen molar-refractivity contribution in [2.45, 2.75) is 38.5 Å². The molecular weight excluding hydrogens is 144 g/mol. The average Bonchev–Trinajstić information content (AvgIpc) is 2.17. The number of aryl methyl sites for hydroxylation is 1. The molecule has 1 aromatic carbocycles. The zero-order chi connectivity index (χ0) is 8.39. The monoisotopic (exact) mass is 160 g/mol. The fraction of sp³-hybridized carbons (Fsp3) is 0.500. The minimum absolute atomic E-state index is 0.843. The van der Waals surface area contributed by atoms with Crippen LogP contribution in [0, 0.1) is 0 Å². The van der Waals surface area contributed by atoms with Crippen molar-refractivity contribution in [2.75, 3.05) is 0 Å². The fourth-order valence-electron chi connectivity index (χ4n) is 2.28. The van der Waals surface area contributed by atoms with Crippen molar-refractivity contribution in [1.82, 2.24) is 0 Å². The van der Waals surface area contributed by atoms with E-state index in [-0.39, 0.29) is 0 Å². The molecule has 0 heteroatoms. The molecule has 1 aliphatic carbocycles. The topological polar surface area (TPSA) is 0 Å². The molecular formula is C12H16. The summed E-state index contributed by atoms with van der Waals surface area (Å²) in [6.07, 6.45) is 5.38. The molecule has 0 nitrogen and oxygen atoms in total. The Morgan fingerprint density at radius 3 is 3.00 bits per heavy atom. The van der Waals surface area contributed by atoms with Crippen LogP contribution in [0.1, 0.15) is 43.2 Å². The lowest BCUT2D eigenvalue weighted by molar-refractivity contribution is 0.540. The summed E-state index contributed by atoms with van der Waals surface area (Å²) >= 11 is 0. The summed E-state index contributed by atoms with van der Waals surface area (Å²) in [6.45, 7) is 2.30. The van der Waals surface area contributed by atoms with E-state index in [1.54, 1.807) is 11.1 Å². The molecule has 64 valence electrons. The van der Waals surface area contributed by atoms with Crippen LogP contribution < -0.4 is 0 Å². The van der Waals surface area contributed by atoms with Crippen LogP contribution >= 0.6 is 0 Å². The van der Waals surface area contributed by atoms with Gasteiger partial charge in [-0.2, -0.15) is 0 Å². The van der Waals surface area contributed by atoms with Crippen molar-refractivity contribution in [2.24, 2.45) is 0 Å². The summed E-state index contributed by atoms with van der Waals surface area (Å²) in [5, 5.41) is 0. The number of benzene rings is 1. The van der Waals surface area contributed by atoms with Crippen LogP contribution in [0.2, 0.25) is 0 Å². The van der Waals surface area contributed by atoms with Crippen LogP contribution in [0.15, 0.2) is 24.3 Å². The summed E-state index contributed by atoms with van der Waals surface area (Å²) in [4.78, 5) is 0. The van der Waals surface area contributed by atoms with E-state index in [0.29, 0.717) is 0 Å². The number of fused-ring (bicyclic) bond motifs is 1. The second-order valence-electron chi connectivity index (χ2n) is 3.70. The van der Waals surface area contributed by atoms with E-state index in [1.807, 2.05) is 0 Å². The highest BCUT2D eigenvalue weighted by atomic mass is 14.2. The van der Waals surface area contributed by atoms with E-state index in [0.717, 1.165) is 5.92 Å². The van der Waals surface area contributed by atoms with Crippen LogP contribution in [0.3, 0.4) is 0 Å². The first-order valence-corrected chi connectivity index (χ1v) is 4.99. The van der Waals surface area contributed by atoms with Gasteiger partial charge in [-0.15, -0.1) is 0 Å². The molecule has 0 fully saturated rings. The van der Waals surface area contributed by atoms with E-state index < -0.39 is 0 Å². The maximum atomic E-state index is 2.31. The van der Waals surface area contributed by atoms with E-state index in [4.69, 9.17) is 0 Å². The Labute approximate surface area is 74.6 Å². The van der Waals surface area contributed by atoms with E-state index in [2.05, 4.69) is 31.2 Å². The first kappa shape index (κ1) is 7.85. The highest BCUT2D eigenvalue weighted by molar-refractivity contribution is 5.32. The molecule has 0 unspecified atom stereocenters. The Morgan fingerprint density at radius 2 is 2.17 bits per heavy atom. The summed E-state index contributed by atoms with van der Waals surface area (Å²) < 4.78 is 0. The first-order valence-electron chi connectivity index (χ1n) is 4.99. The predicted molar refractivity (Wildman–Crippen MR) is 52.4 cm³/mol. The minimum Gasteiger partial charge on any atom is -0.0648 e. The molecule has 1 aliphatic rings. The minimum atomic E-state index is 0.843. The largest absolute Gasteiger partial charge is 0.0648 e. The lowest BCUT2D eigenvalue weighted by Gasteiger charge is -2.23. The molecule has 0 heterocycles. The van der Waals surface area contributed by atoms with Gasteiger partial charge >= 0.3 is 0 Å². The molecule has 0 N–H and O–H groups in total. The van der Waals surface area contributed by atoms with Gasteiger partial charge in [0.2, 0.25) is 0 Å². The van der Waals surface area contributed by atoms with Gasteiger partial charge in [-0.3, -0.25) is 0 Å². The van der Waals surface area contributed by atoms with Gasteiger partial charge in [0.05, 0.1) is 0 Å². The molecule has 12 heavy (non-hydrogen) atoms. The van der Waals surface area contributed by atoms with Crippen molar-refractivity contribution < 1.29 is 0 Å². The van der Waals surface area contributed by atoms with Gasteiger partial charge in [0, 0.05) is 0 Å². The normalized spacial score (nSPS) is 21.9. The third-order valence-corrected chi connectivity index (χ3v) is 2.99. The van der Waals surface area contributed by atoms with Crippen LogP contribution in [0.4, 0.5) is 0 Å². The Hall–Kier alpha value is -0.780. The third kappa shape index (κ3) is 1.26. The summed E-state index contributed by atoms with van der Waals surface area (Å²) in [5.74, 6) is 0.843. The van der Waals surface area contributed by atoms with Gasteiger partial charge in [0.15, 0.2) is 0 Å². The first-order chi connectivity index (χ1) is 5.92. The predicted octanol–water partition coefficient (Wildman–Crippen LogP) is 3.52. The molecule has 1 aromatic rings. The maximum Gasteiger partial charge on any atom is -0.0162 e. The number of hydrogen-bond donors (Lipinski definition) is 0. The van der Waals surface area contributed by atoms with Crippen LogP contribution in [-0.4, -0.2) is 0 Å². The molecule has 0 radical (unpaired) electrons. The molecule has 0 aromatic heterocycles.